The predicted octanol–water partition coefficient (Wildman–Crippen LogP) is 3.65. The molecule has 0 saturated carbocycles. The Balaban J connectivity index is 2.36. The summed E-state index contributed by atoms with van der Waals surface area (Å²) in [5.41, 5.74) is 2.80. The van der Waals surface area contributed by atoms with Gasteiger partial charge in [-0.1, -0.05) is 22.9 Å². The average molecular weight is 290 g/mol. The van der Waals surface area contributed by atoms with Crippen LogP contribution in [0.2, 0.25) is 0 Å². The number of aryl methyl sites for hydroxylation is 1. The van der Waals surface area contributed by atoms with Crippen LogP contribution < -0.4 is 0 Å². The lowest BCUT2D eigenvalue weighted by atomic mass is 10.1. The van der Waals surface area contributed by atoms with Crippen molar-refractivity contribution in [2.24, 2.45) is 5.16 Å². The number of hydrogen-bond donors (Lipinski definition) is 0. The first-order valence-corrected chi connectivity index (χ1v) is 7.39. The van der Waals surface area contributed by atoms with Crippen LogP contribution in [0.3, 0.4) is 0 Å². The van der Waals surface area contributed by atoms with E-state index in [4.69, 9.17) is 4.84 Å². The molecule has 0 aromatic heterocycles. The van der Waals surface area contributed by atoms with E-state index in [2.05, 4.69) is 5.16 Å². The largest absolute Gasteiger partial charge is 0.393 e. The molecule has 0 N–H and O–H groups in total. The van der Waals surface area contributed by atoms with E-state index in [-0.39, 0.29) is 12.0 Å². The third-order valence-electron chi connectivity index (χ3n) is 3.16. The maximum absolute atomic E-state index is 12.2. The molecule has 1 amide bonds. The van der Waals surface area contributed by atoms with Crippen LogP contribution in [-0.2, 0) is 4.84 Å². The first kappa shape index (κ1) is 17.2. The van der Waals surface area contributed by atoms with Crippen molar-refractivity contribution in [3.63, 3.8) is 0 Å². The number of carbonyl (C=O) groups is 1. The average Bonchev–Trinajstić information content (AvgIpc) is 2.45. The quantitative estimate of drug-likeness (QED) is 0.568. The van der Waals surface area contributed by atoms with Crippen LogP contribution in [0.15, 0.2) is 29.4 Å². The molecule has 4 heteroatoms. The number of carbonyl (C=O) groups excluding carboxylic acids is 1. The highest BCUT2D eigenvalue weighted by molar-refractivity contribution is 5.94. The molecule has 116 valence electrons. The summed E-state index contributed by atoms with van der Waals surface area (Å²) in [5, 5.41) is 3.95. The molecule has 4 nitrogen and oxygen atoms in total. The van der Waals surface area contributed by atoms with Crippen LogP contribution in [0, 0.1) is 6.92 Å². The van der Waals surface area contributed by atoms with Gasteiger partial charge in [-0.25, -0.2) is 0 Å². The van der Waals surface area contributed by atoms with Crippen molar-refractivity contribution in [1.82, 2.24) is 4.90 Å². The van der Waals surface area contributed by atoms with Crippen LogP contribution in [0.1, 0.15) is 49.5 Å². The Hall–Kier alpha value is -1.84. The molecule has 0 bridgehead atoms. The van der Waals surface area contributed by atoms with Crippen molar-refractivity contribution < 1.29 is 9.63 Å². The predicted molar refractivity (Wildman–Crippen MR) is 86.7 cm³/mol. The maximum atomic E-state index is 12.2. The molecule has 1 unspecified atom stereocenters. The van der Waals surface area contributed by atoms with Crippen LogP contribution >= 0.6 is 0 Å². The fraction of sp³-hybridized carbons (Fsp3) is 0.529. The van der Waals surface area contributed by atoms with E-state index in [0.29, 0.717) is 0 Å². The fourth-order valence-electron chi connectivity index (χ4n) is 1.88. The van der Waals surface area contributed by atoms with Gasteiger partial charge >= 0.3 is 0 Å². The number of amides is 1. The molecule has 0 radical (unpaired) electrons. The van der Waals surface area contributed by atoms with Gasteiger partial charge in [0.1, 0.15) is 6.10 Å². The summed E-state index contributed by atoms with van der Waals surface area (Å²) in [4.78, 5) is 19.3. The van der Waals surface area contributed by atoms with Crippen molar-refractivity contribution >= 4 is 11.6 Å². The second kappa shape index (κ2) is 8.45. The van der Waals surface area contributed by atoms with E-state index < -0.39 is 0 Å². The third-order valence-corrected chi connectivity index (χ3v) is 3.16. The number of oxime groups is 1. The van der Waals surface area contributed by atoms with Crippen molar-refractivity contribution in [2.75, 3.05) is 13.6 Å². The minimum absolute atomic E-state index is 0.0611. The molecule has 0 fully saturated rings. The summed E-state index contributed by atoms with van der Waals surface area (Å²) in [6, 6.07) is 7.67. The molecule has 1 aromatic carbocycles. The van der Waals surface area contributed by atoms with Gasteiger partial charge in [-0.15, -0.1) is 0 Å². The molecule has 0 aliphatic rings. The molecule has 1 aromatic rings. The standard InChI is InChI=1S/C17H26N2O2/c1-13(2)18-21-15(4)7-6-12-19(5)17(20)16-10-8-14(3)9-11-16/h8-11,15H,6-7,12H2,1-5H3. The minimum Gasteiger partial charge on any atom is -0.393 e. The topological polar surface area (TPSA) is 41.9 Å². The SMILES string of the molecule is CC(C)=NOC(C)CCCN(C)C(=O)c1ccc(C)cc1. The molecule has 0 spiro atoms. The van der Waals surface area contributed by atoms with E-state index in [1.54, 1.807) is 4.90 Å². The van der Waals surface area contributed by atoms with Gasteiger partial charge in [-0.3, -0.25) is 4.79 Å². The van der Waals surface area contributed by atoms with Gasteiger partial charge in [-0.2, -0.15) is 0 Å². The second-order valence-corrected chi connectivity index (χ2v) is 5.69. The lowest BCUT2D eigenvalue weighted by molar-refractivity contribution is 0.0604. The lowest BCUT2D eigenvalue weighted by Crippen LogP contribution is -2.28. The fourth-order valence-corrected chi connectivity index (χ4v) is 1.88. The van der Waals surface area contributed by atoms with Gasteiger partial charge in [0.05, 0.1) is 5.71 Å². The molecule has 0 aliphatic carbocycles. The highest BCUT2D eigenvalue weighted by atomic mass is 16.6. The second-order valence-electron chi connectivity index (χ2n) is 5.69. The zero-order valence-electron chi connectivity index (χ0n) is 13.7. The minimum atomic E-state index is 0.0611. The van der Waals surface area contributed by atoms with E-state index >= 15 is 0 Å². The Kier molecular flexibility index (Phi) is 6.92. The summed E-state index contributed by atoms with van der Waals surface area (Å²) in [5.74, 6) is 0.0611. The van der Waals surface area contributed by atoms with Crippen LogP contribution in [0.5, 0.6) is 0 Å². The summed E-state index contributed by atoms with van der Waals surface area (Å²) in [7, 11) is 1.84. The molecule has 0 heterocycles. The van der Waals surface area contributed by atoms with Crippen LogP contribution in [0.4, 0.5) is 0 Å². The van der Waals surface area contributed by atoms with E-state index in [0.717, 1.165) is 36.2 Å². The van der Waals surface area contributed by atoms with Crippen molar-refractivity contribution in [3.8, 4) is 0 Å². The normalized spacial score (nSPS) is 11.7. The van der Waals surface area contributed by atoms with E-state index in [1.165, 1.54) is 0 Å². The maximum Gasteiger partial charge on any atom is 0.253 e. The molecule has 1 rings (SSSR count). The van der Waals surface area contributed by atoms with Crippen molar-refractivity contribution in [2.45, 2.75) is 46.6 Å². The Morgan fingerprint density at radius 3 is 2.48 bits per heavy atom. The molecular weight excluding hydrogens is 264 g/mol. The van der Waals surface area contributed by atoms with Gasteiger partial charge in [0.2, 0.25) is 0 Å². The third kappa shape index (κ3) is 6.43. The van der Waals surface area contributed by atoms with Gasteiger partial charge in [0.25, 0.3) is 5.91 Å². The van der Waals surface area contributed by atoms with E-state index in [9.17, 15) is 4.79 Å². The monoisotopic (exact) mass is 290 g/mol. The van der Waals surface area contributed by atoms with Gasteiger partial charge < -0.3 is 9.74 Å². The summed E-state index contributed by atoms with van der Waals surface area (Å²) < 4.78 is 0. The molecule has 21 heavy (non-hydrogen) atoms. The molecular formula is C17H26N2O2. The lowest BCUT2D eigenvalue weighted by Gasteiger charge is -2.18. The molecule has 0 saturated heterocycles. The zero-order valence-corrected chi connectivity index (χ0v) is 13.7. The van der Waals surface area contributed by atoms with Crippen molar-refractivity contribution in [1.29, 1.82) is 0 Å². The number of rotatable bonds is 7. The zero-order chi connectivity index (χ0) is 15.8. The van der Waals surface area contributed by atoms with Crippen LogP contribution in [0.25, 0.3) is 0 Å². The number of benzene rings is 1. The van der Waals surface area contributed by atoms with Gasteiger partial charge in [-0.05, 0) is 52.7 Å². The Bertz CT molecular complexity index is 476. The van der Waals surface area contributed by atoms with Crippen LogP contribution in [-0.4, -0.2) is 36.2 Å². The molecule has 0 aliphatic heterocycles. The Morgan fingerprint density at radius 2 is 1.90 bits per heavy atom. The Labute approximate surface area is 127 Å². The first-order chi connectivity index (χ1) is 9.90. The highest BCUT2D eigenvalue weighted by Gasteiger charge is 2.11. The highest BCUT2D eigenvalue weighted by Crippen LogP contribution is 2.08. The van der Waals surface area contributed by atoms with Gasteiger partial charge in [0.15, 0.2) is 0 Å². The number of hydrogen-bond acceptors (Lipinski definition) is 3. The van der Waals surface area contributed by atoms with Crippen molar-refractivity contribution in [3.05, 3.63) is 35.4 Å². The summed E-state index contributed by atoms with van der Waals surface area (Å²) in [6.07, 6.45) is 1.85. The smallest absolute Gasteiger partial charge is 0.253 e. The molecule has 1 atom stereocenters. The number of nitrogens with zero attached hydrogens (tertiary/aromatic N) is 2. The summed E-state index contributed by atoms with van der Waals surface area (Å²) >= 11 is 0. The Morgan fingerprint density at radius 1 is 1.29 bits per heavy atom. The summed E-state index contributed by atoms with van der Waals surface area (Å²) in [6.45, 7) is 8.53. The van der Waals surface area contributed by atoms with E-state index in [1.807, 2.05) is 59.0 Å². The van der Waals surface area contributed by atoms with Gasteiger partial charge in [0, 0.05) is 19.2 Å². The first-order valence-electron chi connectivity index (χ1n) is 7.39.